The van der Waals surface area contributed by atoms with Gasteiger partial charge in [0.1, 0.15) is 11.6 Å². The molecule has 2 aromatic rings. The van der Waals surface area contributed by atoms with Gasteiger partial charge in [0.25, 0.3) is 5.91 Å². The van der Waals surface area contributed by atoms with Crippen molar-refractivity contribution in [3.63, 3.8) is 0 Å². The van der Waals surface area contributed by atoms with Crippen LogP contribution in [0.3, 0.4) is 0 Å². The Balaban J connectivity index is 2.02. The second kappa shape index (κ2) is 9.72. The van der Waals surface area contributed by atoms with Gasteiger partial charge < -0.3 is 24.3 Å². The summed E-state index contributed by atoms with van der Waals surface area (Å²) >= 11 is 0. The highest BCUT2D eigenvalue weighted by Gasteiger charge is 2.20. The molecule has 0 radical (unpaired) electrons. The highest BCUT2D eigenvalue weighted by Crippen LogP contribution is 2.38. The van der Waals surface area contributed by atoms with E-state index in [-0.39, 0.29) is 22.6 Å². The van der Waals surface area contributed by atoms with Gasteiger partial charge in [-0.25, -0.2) is 13.6 Å². The molecule has 0 unspecified atom stereocenters. The van der Waals surface area contributed by atoms with Gasteiger partial charge in [0.05, 0.1) is 32.9 Å². The molecule has 0 saturated carbocycles. The lowest BCUT2D eigenvalue weighted by Crippen LogP contribution is -2.31. The van der Waals surface area contributed by atoms with Crippen LogP contribution in [0.15, 0.2) is 30.3 Å². The first-order valence-electron chi connectivity index (χ1n) is 8.52. The molecule has 0 fully saturated rings. The first kappa shape index (κ1) is 21.9. The molecule has 9 heteroatoms. The van der Waals surface area contributed by atoms with Gasteiger partial charge in [-0.05, 0) is 25.1 Å². The Hall–Kier alpha value is -3.36. The zero-order valence-electron chi connectivity index (χ0n) is 16.4. The molecule has 0 heterocycles. The van der Waals surface area contributed by atoms with Crippen LogP contribution in [0.25, 0.3) is 0 Å². The summed E-state index contributed by atoms with van der Waals surface area (Å²) in [6.07, 6.45) is 0. The lowest BCUT2D eigenvalue weighted by Gasteiger charge is -2.16. The number of amides is 1. The molecular weight excluding hydrogens is 388 g/mol. The number of esters is 1. The molecule has 1 amide bonds. The molecule has 0 aliphatic heterocycles. The highest BCUT2D eigenvalue weighted by atomic mass is 19.1. The molecule has 0 spiro atoms. The summed E-state index contributed by atoms with van der Waals surface area (Å²) in [7, 11) is 4.22. The average Bonchev–Trinajstić information content (AvgIpc) is 2.70. The van der Waals surface area contributed by atoms with Gasteiger partial charge in [0.2, 0.25) is 5.75 Å². The van der Waals surface area contributed by atoms with Crippen LogP contribution in [0.1, 0.15) is 28.9 Å². The van der Waals surface area contributed by atoms with Crippen LogP contribution in [0.4, 0.5) is 8.78 Å². The summed E-state index contributed by atoms with van der Waals surface area (Å²) in [4.78, 5) is 24.3. The molecular formula is C20H21F2NO6. The summed E-state index contributed by atoms with van der Waals surface area (Å²) in [5, 5.41) is 2.48. The molecule has 1 N–H and O–H groups in total. The molecule has 0 aliphatic rings. The highest BCUT2D eigenvalue weighted by molar-refractivity contribution is 5.92. The van der Waals surface area contributed by atoms with E-state index in [1.54, 1.807) is 0 Å². The molecule has 1 atom stereocenters. The molecule has 7 nitrogen and oxygen atoms in total. The average molecular weight is 409 g/mol. The number of carbonyl (C=O) groups excluding carboxylic acids is 2. The van der Waals surface area contributed by atoms with Crippen molar-refractivity contribution in [2.75, 3.05) is 27.9 Å². The van der Waals surface area contributed by atoms with Gasteiger partial charge in [-0.1, -0.05) is 6.07 Å². The van der Waals surface area contributed by atoms with Crippen LogP contribution in [-0.4, -0.2) is 39.8 Å². The molecule has 29 heavy (non-hydrogen) atoms. The molecule has 0 saturated heterocycles. The topological polar surface area (TPSA) is 83.1 Å². The van der Waals surface area contributed by atoms with E-state index in [2.05, 4.69) is 5.32 Å². The number of carbonyl (C=O) groups is 2. The molecule has 0 aliphatic carbocycles. The van der Waals surface area contributed by atoms with E-state index in [0.29, 0.717) is 5.75 Å². The molecule has 0 aromatic heterocycles. The number of methoxy groups -OCH3 is 3. The Morgan fingerprint density at radius 2 is 1.62 bits per heavy atom. The van der Waals surface area contributed by atoms with Crippen LogP contribution >= 0.6 is 0 Å². The van der Waals surface area contributed by atoms with Crippen LogP contribution in [0, 0.1) is 11.6 Å². The third-order valence-corrected chi connectivity index (χ3v) is 4.04. The third kappa shape index (κ3) is 5.34. The van der Waals surface area contributed by atoms with Crippen molar-refractivity contribution >= 4 is 11.9 Å². The second-order valence-electron chi connectivity index (χ2n) is 5.95. The van der Waals surface area contributed by atoms with Crippen molar-refractivity contribution in [3.8, 4) is 17.2 Å². The summed E-state index contributed by atoms with van der Waals surface area (Å²) in [6.45, 7) is 0.928. The van der Waals surface area contributed by atoms with Gasteiger partial charge in [0.15, 0.2) is 18.1 Å². The van der Waals surface area contributed by atoms with Crippen molar-refractivity contribution in [1.82, 2.24) is 5.32 Å². The minimum absolute atomic E-state index is 0.0879. The summed E-state index contributed by atoms with van der Waals surface area (Å²) in [5.41, 5.74) is 0.195. The standard InChI is InChI=1S/C20H21F2NO6/c1-11(14-6-5-13(21)9-15(14)22)23-18(24)10-29-20(25)12-7-16(26-2)19(28-4)17(8-12)27-3/h5-9,11H,10H2,1-4H3,(H,23,24)/t11-/m1/s1. The van der Waals surface area contributed by atoms with Crippen molar-refractivity contribution in [2.24, 2.45) is 0 Å². The smallest absolute Gasteiger partial charge is 0.338 e. The quantitative estimate of drug-likeness (QED) is 0.675. The van der Waals surface area contributed by atoms with Crippen molar-refractivity contribution in [1.29, 1.82) is 0 Å². The lowest BCUT2D eigenvalue weighted by atomic mass is 10.1. The number of rotatable bonds is 8. The Bertz CT molecular complexity index is 878. The largest absolute Gasteiger partial charge is 0.493 e. The maximum absolute atomic E-state index is 13.8. The molecule has 2 aromatic carbocycles. The fourth-order valence-corrected chi connectivity index (χ4v) is 2.63. The second-order valence-corrected chi connectivity index (χ2v) is 5.95. The molecule has 0 bridgehead atoms. The zero-order chi connectivity index (χ0) is 21.6. The summed E-state index contributed by atoms with van der Waals surface area (Å²) in [6, 6.07) is 5.07. The van der Waals surface area contributed by atoms with E-state index < -0.39 is 36.2 Å². The molecule has 156 valence electrons. The van der Waals surface area contributed by atoms with E-state index in [1.165, 1.54) is 46.5 Å². The predicted octanol–water partition coefficient (Wildman–Crippen LogP) is 3.02. The maximum atomic E-state index is 13.8. The molecule has 2 rings (SSSR count). The number of ether oxygens (including phenoxy) is 4. The fraction of sp³-hybridized carbons (Fsp3) is 0.300. The normalized spacial score (nSPS) is 11.4. The first-order chi connectivity index (χ1) is 13.8. The summed E-state index contributed by atoms with van der Waals surface area (Å²) in [5.74, 6) is -2.13. The third-order valence-electron chi connectivity index (χ3n) is 4.04. The van der Waals surface area contributed by atoms with E-state index in [9.17, 15) is 18.4 Å². The van der Waals surface area contributed by atoms with E-state index >= 15 is 0 Å². The number of halogens is 2. The predicted molar refractivity (Wildman–Crippen MR) is 99.3 cm³/mol. The minimum Gasteiger partial charge on any atom is -0.493 e. The van der Waals surface area contributed by atoms with Crippen LogP contribution in [0.5, 0.6) is 17.2 Å². The maximum Gasteiger partial charge on any atom is 0.338 e. The van der Waals surface area contributed by atoms with Gasteiger partial charge in [0, 0.05) is 11.6 Å². The van der Waals surface area contributed by atoms with Gasteiger partial charge in [-0.3, -0.25) is 4.79 Å². The zero-order valence-corrected chi connectivity index (χ0v) is 16.4. The Kier molecular flexibility index (Phi) is 7.35. The van der Waals surface area contributed by atoms with Gasteiger partial charge in [-0.15, -0.1) is 0 Å². The first-order valence-corrected chi connectivity index (χ1v) is 8.52. The number of nitrogens with one attached hydrogen (secondary N) is 1. The SMILES string of the molecule is COc1cc(C(=O)OCC(=O)N[C@H](C)c2ccc(F)cc2F)cc(OC)c1OC. The summed E-state index contributed by atoms with van der Waals surface area (Å²) < 4.78 is 47.3. The van der Waals surface area contributed by atoms with Gasteiger partial charge >= 0.3 is 5.97 Å². The monoisotopic (exact) mass is 409 g/mol. The van der Waals surface area contributed by atoms with E-state index in [0.717, 1.165) is 12.1 Å². The Morgan fingerprint density at radius 3 is 2.14 bits per heavy atom. The van der Waals surface area contributed by atoms with Crippen molar-refractivity contribution in [3.05, 3.63) is 53.1 Å². The minimum atomic E-state index is -0.792. The number of hydrogen-bond donors (Lipinski definition) is 1. The number of hydrogen-bond acceptors (Lipinski definition) is 6. The van der Waals surface area contributed by atoms with Gasteiger partial charge in [-0.2, -0.15) is 0 Å². The number of benzene rings is 2. The Labute approximate surface area is 166 Å². The lowest BCUT2D eigenvalue weighted by molar-refractivity contribution is -0.124. The van der Waals surface area contributed by atoms with Crippen LogP contribution < -0.4 is 19.5 Å². The van der Waals surface area contributed by atoms with Crippen LogP contribution in [0.2, 0.25) is 0 Å². The van der Waals surface area contributed by atoms with Crippen molar-refractivity contribution in [2.45, 2.75) is 13.0 Å². The van der Waals surface area contributed by atoms with Crippen molar-refractivity contribution < 1.29 is 37.3 Å². The van der Waals surface area contributed by atoms with E-state index in [1.807, 2.05) is 0 Å². The van der Waals surface area contributed by atoms with Crippen LogP contribution in [-0.2, 0) is 9.53 Å². The Morgan fingerprint density at radius 1 is 1.00 bits per heavy atom. The fourth-order valence-electron chi connectivity index (χ4n) is 2.63. The van der Waals surface area contributed by atoms with E-state index in [4.69, 9.17) is 18.9 Å².